The van der Waals surface area contributed by atoms with Crippen LogP contribution in [0.15, 0.2) is 0 Å². The molecule has 0 bridgehead atoms. The molecule has 0 spiro atoms. The van der Waals surface area contributed by atoms with Gasteiger partial charge in [-0.1, -0.05) is 13.3 Å². The SMILES string of the molecule is CCCC(NC1CC(C)N(C)C1)C(=O)O. The normalized spacial score (nSPS) is 29.3. The van der Waals surface area contributed by atoms with Crippen molar-refractivity contribution < 1.29 is 9.90 Å². The summed E-state index contributed by atoms with van der Waals surface area (Å²) in [6, 6.07) is 0.509. The zero-order valence-corrected chi connectivity index (χ0v) is 9.86. The number of nitrogens with one attached hydrogen (secondary N) is 1. The lowest BCUT2D eigenvalue weighted by atomic mass is 10.1. The zero-order chi connectivity index (χ0) is 11.4. The molecule has 3 unspecified atom stereocenters. The van der Waals surface area contributed by atoms with Crippen LogP contribution in [0.25, 0.3) is 0 Å². The Labute approximate surface area is 91.6 Å². The monoisotopic (exact) mass is 214 g/mol. The van der Waals surface area contributed by atoms with Crippen LogP contribution in [0.5, 0.6) is 0 Å². The number of likely N-dealkylation sites (N-methyl/N-ethyl adjacent to an activating group) is 1. The summed E-state index contributed by atoms with van der Waals surface area (Å²) in [4.78, 5) is 13.2. The number of hydrogen-bond donors (Lipinski definition) is 2. The fourth-order valence-electron chi connectivity index (χ4n) is 2.17. The summed E-state index contributed by atoms with van der Waals surface area (Å²) in [5, 5.41) is 12.3. The molecule has 1 heterocycles. The van der Waals surface area contributed by atoms with E-state index in [2.05, 4.69) is 24.2 Å². The van der Waals surface area contributed by atoms with Crippen molar-refractivity contribution in [2.45, 2.75) is 51.2 Å². The first-order chi connectivity index (χ1) is 7.04. The van der Waals surface area contributed by atoms with Crippen molar-refractivity contribution >= 4 is 5.97 Å². The molecule has 4 heteroatoms. The summed E-state index contributed by atoms with van der Waals surface area (Å²) in [6.45, 7) is 5.15. The minimum absolute atomic E-state index is 0.331. The molecule has 0 saturated carbocycles. The molecule has 1 fully saturated rings. The van der Waals surface area contributed by atoms with Crippen LogP contribution in [-0.4, -0.2) is 47.7 Å². The van der Waals surface area contributed by atoms with Gasteiger partial charge in [0.2, 0.25) is 0 Å². The van der Waals surface area contributed by atoms with Gasteiger partial charge in [-0.25, -0.2) is 0 Å². The fourth-order valence-corrected chi connectivity index (χ4v) is 2.17. The van der Waals surface area contributed by atoms with E-state index in [0.717, 1.165) is 19.4 Å². The average Bonchev–Trinajstić information content (AvgIpc) is 2.45. The van der Waals surface area contributed by atoms with Crippen molar-refractivity contribution in [3.05, 3.63) is 0 Å². The molecule has 0 aromatic carbocycles. The predicted molar refractivity (Wildman–Crippen MR) is 60.0 cm³/mol. The van der Waals surface area contributed by atoms with E-state index in [1.54, 1.807) is 0 Å². The van der Waals surface area contributed by atoms with Crippen molar-refractivity contribution in [3.8, 4) is 0 Å². The third-order valence-corrected chi connectivity index (χ3v) is 3.20. The van der Waals surface area contributed by atoms with Gasteiger partial charge in [0.1, 0.15) is 6.04 Å². The molecule has 1 rings (SSSR count). The molecule has 4 nitrogen and oxygen atoms in total. The molecule has 0 aromatic rings. The Kier molecular flexibility index (Phi) is 4.54. The Morgan fingerprint density at radius 1 is 1.67 bits per heavy atom. The molecule has 0 aromatic heterocycles. The van der Waals surface area contributed by atoms with Crippen molar-refractivity contribution in [3.63, 3.8) is 0 Å². The van der Waals surface area contributed by atoms with Crippen molar-refractivity contribution in [1.82, 2.24) is 10.2 Å². The van der Waals surface area contributed by atoms with Gasteiger partial charge in [-0.05, 0) is 26.8 Å². The first kappa shape index (κ1) is 12.5. The van der Waals surface area contributed by atoms with Crippen molar-refractivity contribution in [1.29, 1.82) is 0 Å². The highest BCUT2D eigenvalue weighted by Gasteiger charge is 2.29. The van der Waals surface area contributed by atoms with Crippen LogP contribution < -0.4 is 5.32 Å². The molecule has 0 amide bonds. The van der Waals surface area contributed by atoms with E-state index < -0.39 is 5.97 Å². The Morgan fingerprint density at radius 2 is 2.33 bits per heavy atom. The third-order valence-electron chi connectivity index (χ3n) is 3.20. The summed E-state index contributed by atoms with van der Waals surface area (Å²) >= 11 is 0. The Morgan fingerprint density at radius 3 is 2.73 bits per heavy atom. The van der Waals surface area contributed by atoms with E-state index >= 15 is 0 Å². The lowest BCUT2D eigenvalue weighted by Gasteiger charge is -2.18. The number of aliphatic carboxylic acids is 1. The summed E-state index contributed by atoms with van der Waals surface area (Å²) in [5.74, 6) is -0.723. The van der Waals surface area contributed by atoms with Gasteiger partial charge in [-0.2, -0.15) is 0 Å². The second-order valence-corrected chi connectivity index (χ2v) is 4.57. The molecule has 1 aliphatic heterocycles. The zero-order valence-electron chi connectivity index (χ0n) is 9.86. The number of carbonyl (C=O) groups is 1. The first-order valence-corrected chi connectivity index (χ1v) is 5.73. The topological polar surface area (TPSA) is 52.6 Å². The third kappa shape index (κ3) is 3.47. The van der Waals surface area contributed by atoms with E-state index in [0.29, 0.717) is 18.5 Å². The van der Waals surface area contributed by atoms with Crippen LogP contribution in [0, 0.1) is 0 Å². The van der Waals surface area contributed by atoms with Gasteiger partial charge in [0, 0.05) is 18.6 Å². The second kappa shape index (κ2) is 5.47. The maximum absolute atomic E-state index is 11.0. The van der Waals surface area contributed by atoms with Gasteiger partial charge < -0.3 is 15.3 Å². The smallest absolute Gasteiger partial charge is 0.320 e. The standard InChI is InChI=1S/C11H22N2O2/c1-4-5-10(11(14)15)12-9-6-8(2)13(3)7-9/h8-10,12H,4-7H2,1-3H3,(H,14,15). The van der Waals surface area contributed by atoms with Crippen molar-refractivity contribution in [2.24, 2.45) is 0 Å². The van der Waals surface area contributed by atoms with Gasteiger partial charge in [-0.15, -0.1) is 0 Å². The van der Waals surface area contributed by atoms with Gasteiger partial charge in [0.25, 0.3) is 0 Å². The molecule has 1 aliphatic rings. The summed E-state index contributed by atoms with van der Waals surface area (Å²) in [6.07, 6.45) is 2.66. The predicted octanol–water partition coefficient (Wildman–Crippen LogP) is 0.922. The Balaban J connectivity index is 2.42. The highest BCUT2D eigenvalue weighted by molar-refractivity contribution is 5.73. The fraction of sp³-hybridized carbons (Fsp3) is 0.909. The highest BCUT2D eigenvalue weighted by Crippen LogP contribution is 2.15. The number of carboxylic acid groups (broad SMARTS) is 1. The molecule has 0 aliphatic carbocycles. The molecule has 88 valence electrons. The van der Waals surface area contributed by atoms with Crippen LogP contribution in [0.1, 0.15) is 33.1 Å². The largest absolute Gasteiger partial charge is 0.480 e. The van der Waals surface area contributed by atoms with E-state index in [4.69, 9.17) is 5.11 Å². The molecule has 0 radical (unpaired) electrons. The summed E-state index contributed by atoms with van der Waals surface area (Å²) in [5.41, 5.74) is 0. The summed E-state index contributed by atoms with van der Waals surface area (Å²) < 4.78 is 0. The molecular weight excluding hydrogens is 192 g/mol. The lowest BCUT2D eigenvalue weighted by Crippen LogP contribution is -2.44. The maximum atomic E-state index is 11.0. The quantitative estimate of drug-likeness (QED) is 0.714. The van der Waals surface area contributed by atoms with E-state index in [-0.39, 0.29) is 6.04 Å². The minimum Gasteiger partial charge on any atom is -0.480 e. The maximum Gasteiger partial charge on any atom is 0.320 e. The van der Waals surface area contributed by atoms with Gasteiger partial charge in [0.05, 0.1) is 0 Å². The van der Waals surface area contributed by atoms with Crippen LogP contribution in [0.4, 0.5) is 0 Å². The Bertz CT molecular complexity index is 211. The van der Waals surface area contributed by atoms with Crippen LogP contribution in [0.3, 0.4) is 0 Å². The molecule has 2 N–H and O–H groups in total. The van der Waals surface area contributed by atoms with Crippen LogP contribution in [0.2, 0.25) is 0 Å². The van der Waals surface area contributed by atoms with Crippen molar-refractivity contribution in [2.75, 3.05) is 13.6 Å². The first-order valence-electron chi connectivity index (χ1n) is 5.73. The molecule has 3 atom stereocenters. The second-order valence-electron chi connectivity index (χ2n) is 4.57. The number of carboxylic acids is 1. The van der Waals surface area contributed by atoms with E-state index in [9.17, 15) is 4.79 Å². The van der Waals surface area contributed by atoms with Gasteiger partial charge >= 0.3 is 5.97 Å². The number of likely N-dealkylation sites (tertiary alicyclic amines) is 1. The molecular formula is C11H22N2O2. The minimum atomic E-state index is -0.723. The average molecular weight is 214 g/mol. The number of rotatable bonds is 5. The number of hydrogen-bond acceptors (Lipinski definition) is 3. The van der Waals surface area contributed by atoms with Gasteiger partial charge in [-0.3, -0.25) is 4.79 Å². The van der Waals surface area contributed by atoms with E-state index in [1.165, 1.54) is 0 Å². The summed E-state index contributed by atoms with van der Waals surface area (Å²) in [7, 11) is 2.09. The van der Waals surface area contributed by atoms with Gasteiger partial charge in [0.15, 0.2) is 0 Å². The van der Waals surface area contributed by atoms with Crippen LogP contribution in [-0.2, 0) is 4.79 Å². The number of nitrogens with zero attached hydrogens (tertiary/aromatic N) is 1. The lowest BCUT2D eigenvalue weighted by molar-refractivity contribution is -0.139. The molecule has 1 saturated heterocycles. The highest BCUT2D eigenvalue weighted by atomic mass is 16.4. The molecule has 15 heavy (non-hydrogen) atoms. The van der Waals surface area contributed by atoms with Crippen LogP contribution >= 0.6 is 0 Å². The van der Waals surface area contributed by atoms with E-state index in [1.807, 2.05) is 6.92 Å². The Hall–Kier alpha value is -0.610.